The van der Waals surface area contributed by atoms with Crippen molar-refractivity contribution in [1.29, 1.82) is 0 Å². The molecule has 0 spiro atoms. The zero-order valence-electron chi connectivity index (χ0n) is 13.5. The molecule has 2 aromatic heterocycles. The van der Waals surface area contributed by atoms with Crippen LogP contribution in [0, 0.1) is 19.8 Å². The van der Waals surface area contributed by atoms with E-state index in [1.807, 2.05) is 43.7 Å². The number of carbonyl (C=O) groups excluding carboxylic acids is 1. The topological polar surface area (TPSA) is 67.2 Å². The molecular formula is C16H23N3O2S. The molecule has 0 bridgehead atoms. The first-order valence-electron chi connectivity index (χ1n) is 7.47. The Labute approximate surface area is 135 Å². The Morgan fingerprint density at radius 3 is 2.77 bits per heavy atom. The van der Waals surface area contributed by atoms with Crippen LogP contribution in [0.25, 0.3) is 5.13 Å². The van der Waals surface area contributed by atoms with Crippen molar-refractivity contribution < 1.29 is 9.90 Å². The summed E-state index contributed by atoms with van der Waals surface area (Å²) in [5.74, 6) is 0.0960. The molecule has 2 aromatic rings. The van der Waals surface area contributed by atoms with E-state index in [2.05, 4.69) is 10.3 Å². The molecule has 0 radical (unpaired) electrons. The SMILES string of the molecule is Cc1cc(C(=O)NCCC(O)C(C)C)c(C)n1-c1nccs1. The van der Waals surface area contributed by atoms with Gasteiger partial charge >= 0.3 is 0 Å². The van der Waals surface area contributed by atoms with Crippen LogP contribution >= 0.6 is 11.3 Å². The van der Waals surface area contributed by atoms with E-state index in [1.165, 1.54) is 0 Å². The molecule has 0 aromatic carbocycles. The Kier molecular flexibility index (Phi) is 5.37. The predicted octanol–water partition coefficient (Wildman–Crippen LogP) is 2.69. The summed E-state index contributed by atoms with van der Waals surface area (Å²) in [6, 6.07) is 1.88. The fourth-order valence-electron chi connectivity index (χ4n) is 2.38. The number of hydrogen-bond donors (Lipinski definition) is 2. The van der Waals surface area contributed by atoms with Gasteiger partial charge in [0.1, 0.15) is 0 Å². The molecule has 2 rings (SSSR count). The fourth-order valence-corrected chi connectivity index (χ4v) is 3.13. The molecule has 120 valence electrons. The van der Waals surface area contributed by atoms with Crippen LogP contribution in [0.15, 0.2) is 17.6 Å². The largest absolute Gasteiger partial charge is 0.393 e. The quantitative estimate of drug-likeness (QED) is 0.859. The lowest BCUT2D eigenvalue weighted by Gasteiger charge is -2.14. The van der Waals surface area contributed by atoms with Gasteiger partial charge in [-0.2, -0.15) is 0 Å². The molecule has 0 saturated heterocycles. The standard InChI is InChI=1S/C16H23N3O2S/c1-10(2)14(20)5-6-17-15(21)13-9-11(3)19(12(13)4)16-18-7-8-22-16/h7-10,14,20H,5-6H2,1-4H3,(H,17,21). The van der Waals surface area contributed by atoms with E-state index in [0.717, 1.165) is 16.5 Å². The summed E-state index contributed by atoms with van der Waals surface area (Å²) >= 11 is 1.54. The number of rotatable bonds is 6. The third kappa shape index (κ3) is 3.56. The van der Waals surface area contributed by atoms with Crippen molar-refractivity contribution >= 4 is 17.2 Å². The van der Waals surface area contributed by atoms with Crippen LogP contribution in [0.5, 0.6) is 0 Å². The summed E-state index contributed by atoms with van der Waals surface area (Å²) in [5.41, 5.74) is 2.53. The maximum absolute atomic E-state index is 12.3. The van der Waals surface area contributed by atoms with E-state index in [9.17, 15) is 9.90 Å². The minimum Gasteiger partial charge on any atom is -0.393 e. The van der Waals surface area contributed by atoms with Gasteiger partial charge in [0.15, 0.2) is 5.13 Å². The number of aliphatic hydroxyl groups is 1. The second-order valence-corrected chi connectivity index (χ2v) is 6.66. The zero-order valence-corrected chi connectivity index (χ0v) is 14.3. The van der Waals surface area contributed by atoms with Crippen molar-refractivity contribution in [2.24, 2.45) is 5.92 Å². The van der Waals surface area contributed by atoms with Gasteiger partial charge in [0.25, 0.3) is 5.91 Å². The minimum atomic E-state index is -0.386. The monoisotopic (exact) mass is 321 g/mol. The van der Waals surface area contributed by atoms with Crippen molar-refractivity contribution in [2.75, 3.05) is 6.54 Å². The van der Waals surface area contributed by atoms with Gasteiger partial charge < -0.3 is 10.4 Å². The van der Waals surface area contributed by atoms with E-state index >= 15 is 0 Å². The Bertz CT molecular complexity index is 632. The average Bonchev–Trinajstić information content (AvgIpc) is 3.06. The number of hydrogen-bond acceptors (Lipinski definition) is 4. The molecule has 5 nitrogen and oxygen atoms in total. The highest BCUT2D eigenvalue weighted by Gasteiger charge is 2.18. The molecule has 2 heterocycles. The first kappa shape index (κ1) is 16.7. The van der Waals surface area contributed by atoms with Crippen molar-refractivity contribution in [3.63, 3.8) is 0 Å². The second-order valence-electron chi connectivity index (χ2n) is 5.79. The Morgan fingerprint density at radius 1 is 1.45 bits per heavy atom. The van der Waals surface area contributed by atoms with Crippen LogP contribution < -0.4 is 5.32 Å². The van der Waals surface area contributed by atoms with Crippen LogP contribution in [0.4, 0.5) is 0 Å². The molecule has 1 unspecified atom stereocenters. The summed E-state index contributed by atoms with van der Waals surface area (Å²) < 4.78 is 1.99. The van der Waals surface area contributed by atoms with Crippen LogP contribution in [0.2, 0.25) is 0 Å². The normalized spacial score (nSPS) is 12.6. The summed E-state index contributed by atoms with van der Waals surface area (Å²) in [4.78, 5) is 16.6. The third-order valence-electron chi connectivity index (χ3n) is 3.78. The van der Waals surface area contributed by atoms with Gasteiger partial charge in [-0.3, -0.25) is 9.36 Å². The third-order valence-corrected chi connectivity index (χ3v) is 4.54. The van der Waals surface area contributed by atoms with E-state index in [0.29, 0.717) is 18.5 Å². The molecule has 0 aliphatic heterocycles. The van der Waals surface area contributed by atoms with E-state index < -0.39 is 0 Å². The molecule has 1 atom stereocenters. The van der Waals surface area contributed by atoms with E-state index in [1.54, 1.807) is 17.5 Å². The smallest absolute Gasteiger partial charge is 0.253 e. The number of thiazole rings is 1. The zero-order chi connectivity index (χ0) is 16.3. The fraction of sp³-hybridized carbons (Fsp3) is 0.500. The summed E-state index contributed by atoms with van der Waals surface area (Å²) in [6.07, 6.45) is 1.93. The molecule has 0 aliphatic carbocycles. The second kappa shape index (κ2) is 7.07. The van der Waals surface area contributed by atoms with Crippen molar-refractivity contribution in [1.82, 2.24) is 14.9 Å². The number of nitrogens with one attached hydrogen (secondary N) is 1. The highest BCUT2D eigenvalue weighted by molar-refractivity contribution is 7.12. The van der Waals surface area contributed by atoms with Gasteiger partial charge in [0, 0.05) is 29.5 Å². The lowest BCUT2D eigenvalue weighted by Crippen LogP contribution is -2.29. The Hall–Kier alpha value is -1.66. The van der Waals surface area contributed by atoms with E-state index in [-0.39, 0.29) is 17.9 Å². The molecule has 0 aliphatic rings. The summed E-state index contributed by atoms with van der Waals surface area (Å²) in [6.45, 7) is 8.29. The molecule has 0 fully saturated rings. The number of aryl methyl sites for hydroxylation is 1. The molecule has 2 N–H and O–H groups in total. The lowest BCUT2D eigenvalue weighted by molar-refractivity contribution is 0.0919. The highest BCUT2D eigenvalue weighted by Crippen LogP contribution is 2.22. The summed E-state index contributed by atoms with van der Waals surface area (Å²) in [5, 5.41) is 15.4. The van der Waals surface area contributed by atoms with Crippen molar-refractivity contribution in [2.45, 2.75) is 40.2 Å². The van der Waals surface area contributed by atoms with Gasteiger partial charge in [0.05, 0.1) is 11.7 Å². The van der Waals surface area contributed by atoms with Gasteiger partial charge in [-0.05, 0) is 32.3 Å². The number of carbonyl (C=O) groups is 1. The van der Waals surface area contributed by atoms with Gasteiger partial charge in [-0.15, -0.1) is 11.3 Å². The molecule has 22 heavy (non-hydrogen) atoms. The molecule has 6 heteroatoms. The molecular weight excluding hydrogens is 298 g/mol. The minimum absolute atomic E-state index is 0.105. The number of nitrogens with zero attached hydrogens (tertiary/aromatic N) is 2. The predicted molar refractivity (Wildman–Crippen MR) is 88.7 cm³/mol. The first-order chi connectivity index (χ1) is 10.4. The van der Waals surface area contributed by atoms with Crippen molar-refractivity contribution in [3.05, 3.63) is 34.6 Å². The average molecular weight is 321 g/mol. The number of amides is 1. The lowest BCUT2D eigenvalue weighted by atomic mass is 10.0. The Morgan fingerprint density at radius 2 is 2.18 bits per heavy atom. The van der Waals surface area contributed by atoms with Crippen LogP contribution in [-0.4, -0.2) is 33.2 Å². The Balaban J connectivity index is 2.07. The van der Waals surface area contributed by atoms with Gasteiger partial charge in [0.2, 0.25) is 0 Å². The highest BCUT2D eigenvalue weighted by atomic mass is 32.1. The maximum atomic E-state index is 12.3. The first-order valence-corrected chi connectivity index (χ1v) is 8.34. The number of aliphatic hydroxyl groups excluding tert-OH is 1. The maximum Gasteiger partial charge on any atom is 0.253 e. The van der Waals surface area contributed by atoms with Crippen LogP contribution in [0.1, 0.15) is 42.0 Å². The molecule has 0 saturated carbocycles. The molecule has 1 amide bonds. The van der Waals surface area contributed by atoms with Gasteiger partial charge in [-0.1, -0.05) is 13.8 Å². The van der Waals surface area contributed by atoms with Crippen LogP contribution in [0.3, 0.4) is 0 Å². The number of aromatic nitrogens is 2. The summed E-state index contributed by atoms with van der Waals surface area (Å²) in [7, 11) is 0. The van der Waals surface area contributed by atoms with Gasteiger partial charge in [-0.25, -0.2) is 4.98 Å². The van der Waals surface area contributed by atoms with Crippen LogP contribution in [-0.2, 0) is 0 Å². The van der Waals surface area contributed by atoms with E-state index in [4.69, 9.17) is 0 Å². The van der Waals surface area contributed by atoms with Crippen molar-refractivity contribution in [3.8, 4) is 5.13 Å².